The second kappa shape index (κ2) is 5.61. The van der Waals surface area contributed by atoms with Crippen molar-refractivity contribution in [2.75, 3.05) is 0 Å². The van der Waals surface area contributed by atoms with Crippen molar-refractivity contribution in [1.29, 1.82) is 0 Å². The van der Waals surface area contributed by atoms with Crippen LogP contribution >= 0.6 is 11.6 Å². The predicted octanol–water partition coefficient (Wildman–Crippen LogP) is 4.06. The number of aryl methyl sites for hydroxylation is 1. The Hall–Kier alpha value is -2.66. The normalized spacial score (nSPS) is 10.6. The number of nitrogens with zero attached hydrogens (tertiary/aromatic N) is 2. The van der Waals surface area contributed by atoms with Gasteiger partial charge in [0, 0.05) is 5.56 Å². The number of hydrogen-bond donors (Lipinski definition) is 1. The Balaban J connectivity index is 2.02. The van der Waals surface area contributed by atoms with Gasteiger partial charge < -0.3 is 9.52 Å². The first kappa shape index (κ1) is 14.3. The SMILES string of the molecule is Cc1cccc(-c2nnc(-c3cccc(C(=O)O)c3)o2)c1Cl. The van der Waals surface area contributed by atoms with E-state index in [2.05, 4.69) is 10.2 Å². The van der Waals surface area contributed by atoms with E-state index in [4.69, 9.17) is 21.1 Å². The van der Waals surface area contributed by atoms with Crippen LogP contribution in [0.4, 0.5) is 0 Å². The Labute approximate surface area is 131 Å². The van der Waals surface area contributed by atoms with E-state index in [9.17, 15) is 4.79 Å². The second-order valence-electron chi connectivity index (χ2n) is 4.73. The minimum absolute atomic E-state index is 0.158. The van der Waals surface area contributed by atoms with Crippen LogP contribution in [0.3, 0.4) is 0 Å². The van der Waals surface area contributed by atoms with Crippen LogP contribution in [0.1, 0.15) is 15.9 Å². The van der Waals surface area contributed by atoms with Crippen LogP contribution in [0.15, 0.2) is 46.9 Å². The van der Waals surface area contributed by atoms with Gasteiger partial charge in [0.2, 0.25) is 11.8 Å². The highest BCUT2D eigenvalue weighted by Crippen LogP contribution is 2.31. The molecule has 0 radical (unpaired) electrons. The first-order valence-electron chi connectivity index (χ1n) is 6.49. The summed E-state index contributed by atoms with van der Waals surface area (Å²) in [6.45, 7) is 1.89. The van der Waals surface area contributed by atoms with Crippen LogP contribution in [0.25, 0.3) is 22.9 Å². The smallest absolute Gasteiger partial charge is 0.335 e. The number of carboxylic acids is 1. The Morgan fingerprint density at radius 3 is 2.64 bits per heavy atom. The zero-order valence-corrected chi connectivity index (χ0v) is 12.3. The summed E-state index contributed by atoms with van der Waals surface area (Å²) in [4.78, 5) is 11.0. The highest BCUT2D eigenvalue weighted by Gasteiger charge is 2.15. The van der Waals surface area contributed by atoms with E-state index in [1.807, 2.05) is 19.1 Å². The fourth-order valence-electron chi connectivity index (χ4n) is 2.05. The van der Waals surface area contributed by atoms with E-state index in [1.165, 1.54) is 12.1 Å². The predicted molar refractivity (Wildman–Crippen MR) is 81.9 cm³/mol. The maximum atomic E-state index is 11.0. The molecule has 0 atom stereocenters. The molecule has 0 fully saturated rings. The van der Waals surface area contributed by atoms with Crippen LogP contribution in [0.2, 0.25) is 5.02 Å². The molecule has 6 heteroatoms. The quantitative estimate of drug-likeness (QED) is 0.788. The van der Waals surface area contributed by atoms with E-state index in [-0.39, 0.29) is 11.5 Å². The van der Waals surface area contributed by atoms with E-state index in [1.54, 1.807) is 18.2 Å². The van der Waals surface area contributed by atoms with Crippen molar-refractivity contribution in [2.24, 2.45) is 0 Å². The molecule has 0 amide bonds. The summed E-state index contributed by atoms with van der Waals surface area (Å²) < 4.78 is 5.63. The van der Waals surface area contributed by atoms with Gasteiger partial charge in [-0.15, -0.1) is 10.2 Å². The molecular formula is C16H11ClN2O3. The minimum Gasteiger partial charge on any atom is -0.478 e. The largest absolute Gasteiger partial charge is 0.478 e. The molecule has 3 aromatic rings. The lowest BCUT2D eigenvalue weighted by Gasteiger charge is -2.01. The van der Waals surface area contributed by atoms with E-state index >= 15 is 0 Å². The van der Waals surface area contributed by atoms with Crippen molar-refractivity contribution in [3.8, 4) is 22.9 Å². The molecule has 1 N–H and O–H groups in total. The highest BCUT2D eigenvalue weighted by molar-refractivity contribution is 6.33. The number of halogens is 1. The molecule has 0 aliphatic rings. The molecule has 0 aliphatic carbocycles. The van der Waals surface area contributed by atoms with E-state index < -0.39 is 5.97 Å². The zero-order chi connectivity index (χ0) is 15.7. The Bertz CT molecular complexity index is 858. The standard InChI is InChI=1S/C16H11ClN2O3/c1-9-4-2-7-12(13(9)17)15-19-18-14(22-15)10-5-3-6-11(8-10)16(20)21/h2-8H,1H3,(H,20,21). The summed E-state index contributed by atoms with van der Waals surface area (Å²) in [6.07, 6.45) is 0. The lowest BCUT2D eigenvalue weighted by molar-refractivity contribution is 0.0697. The van der Waals surface area contributed by atoms with Crippen molar-refractivity contribution in [3.05, 3.63) is 58.6 Å². The molecule has 0 bridgehead atoms. The van der Waals surface area contributed by atoms with Gasteiger partial charge in [-0.1, -0.05) is 29.8 Å². The number of rotatable bonds is 3. The number of benzene rings is 2. The van der Waals surface area contributed by atoms with Gasteiger partial charge in [-0.25, -0.2) is 4.79 Å². The average Bonchev–Trinajstić information content (AvgIpc) is 3.00. The molecule has 2 aromatic carbocycles. The number of aromatic carboxylic acids is 1. The van der Waals surface area contributed by atoms with Gasteiger partial charge in [-0.3, -0.25) is 0 Å². The molecule has 0 saturated heterocycles. The molecule has 0 unspecified atom stereocenters. The van der Waals surface area contributed by atoms with Crippen LogP contribution in [-0.4, -0.2) is 21.3 Å². The summed E-state index contributed by atoms with van der Waals surface area (Å²) >= 11 is 6.24. The van der Waals surface area contributed by atoms with Crippen molar-refractivity contribution in [2.45, 2.75) is 6.92 Å². The fourth-order valence-corrected chi connectivity index (χ4v) is 2.25. The van der Waals surface area contributed by atoms with Crippen LogP contribution < -0.4 is 0 Å². The van der Waals surface area contributed by atoms with Crippen molar-refractivity contribution >= 4 is 17.6 Å². The molecule has 0 saturated carbocycles. The number of carboxylic acid groups (broad SMARTS) is 1. The fraction of sp³-hybridized carbons (Fsp3) is 0.0625. The number of hydrogen-bond acceptors (Lipinski definition) is 4. The van der Waals surface area contributed by atoms with Gasteiger partial charge >= 0.3 is 5.97 Å². The molecule has 0 aliphatic heterocycles. The highest BCUT2D eigenvalue weighted by atomic mass is 35.5. The minimum atomic E-state index is -1.01. The first-order chi connectivity index (χ1) is 10.6. The lowest BCUT2D eigenvalue weighted by atomic mass is 10.1. The number of carbonyl (C=O) groups is 1. The maximum absolute atomic E-state index is 11.0. The van der Waals surface area contributed by atoms with Gasteiger partial charge in [0.15, 0.2) is 0 Å². The van der Waals surface area contributed by atoms with Crippen LogP contribution in [0.5, 0.6) is 0 Å². The molecule has 5 nitrogen and oxygen atoms in total. The van der Waals surface area contributed by atoms with Gasteiger partial charge in [0.25, 0.3) is 0 Å². The topological polar surface area (TPSA) is 76.2 Å². The third-order valence-corrected chi connectivity index (χ3v) is 3.71. The van der Waals surface area contributed by atoms with Crippen LogP contribution in [-0.2, 0) is 0 Å². The summed E-state index contributed by atoms with van der Waals surface area (Å²) in [6, 6.07) is 11.9. The Morgan fingerprint density at radius 2 is 1.86 bits per heavy atom. The second-order valence-corrected chi connectivity index (χ2v) is 5.11. The lowest BCUT2D eigenvalue weighted by Crippen LogP contribution is -1.95. The molecule has 22 heavy (non-hydrogen) atoms. The van der Waals surface area contributed by atoms with E-state index in [0.717, 1.165) is 5.56 Å². The summed E-state index contributed by atoms with van der Waals surface area (Å²) in [5.74, 6) is -0.469. The Morgan fingerprint density at radius 1 is 1.14 bits per heavy atom. The molecule has 3 rings (SSSR count). The van der Waals surface area contributed by atoms with Gasteiger partial charge in [-0.2, -0.15) is 0 Å². The number of aromatic nitrogens is 2. The van der Waals surface area contributed by atoms with Gasteiger partial charge in [0.05, 0.1) is 16.1 Å². The third kappa shape index (κ3) is 2.58. The van der Waals surface area contributed by atoms with Gasteiger partial charge in [-0.05, 0) is 36.8 Å². The summed E-state index contributed by atoms with van der Waals surface area (Å²) in [7, 11) is 0. The zero-order valence-electron chi connectivity index (χ0n) is 11.6. The van der Waals surface area contributed by atoms with Crippen molar-refractivity contribution in [1.82, 2.24) is 10.2 Å². The molecule has 110 valence electrons. The molecular weight excluding hydrogens is 304 g/mol. The van der Waals surface area contributed by atoms with Gasteiger partial charge in [0.1, 0.15) is 0 Å². The summed E-state index contributed by atoms with van der Waals surface area (Å²) in [5.41, 5.74) is 2.26. The molecule has 1 heterocycles. The monoisotopic (exact) mass is 314 g/mol. The first-order valence-corrected chi connectivity index (χ1v) is 6.87. The third-order valence-electron chi connectivity index (χ3n) is 3.20. The molecule has 0 spiro atoms. The average molecular weight is 315 g/mol. The molecule has 1 aromatic heterocycles. The van der Waals surface area contributed by atoms with Crippen LogP contribution in [0, 0.1) is 6.92 Å². The van der Waals surface area contributed by atoms with E-state index in [0.29, 0.717) is 22.0 Å². The van der Waals surface area contributed by atoms with Crippen molar-refractivity contribution < 1.29 is 14.3 Å². The summed E-state index contributed by atoms with van der Waals surface area (Å²) in [5, 5.41) is 17.5. The van der Waals surface area contributed by atoms with Crippen molar-refractivity contribution in [3.63, 3.8) is 0 Å². The maximum Gasteiger partial charge on any atom is 0.335 e. The Kier molecular flexibility index (Phi) is 3.65.